The number of hydrogen-bond donors (Lipinski definition) is 1. The number of nitrogens with one attached hydrogen (secondary N) is 1. The Hall–Kier alpha value is -1.59. The molecule has 0 amide bonds. The van der Waals surface area contributed by atoms with E-state index in [2.05, 4.69) is 10.3 Å². The van der Waals surface area contributed by atoms with Crippen LogP contribution in [0.15, 0.2) is 35.2 Å². The van der Waals surface area contributed by atoms with Crippen LogP contribution < -0.4 is 14.8 Å². The van der Waals surface area contributed by atoms with Crippen molar-refractivity contribution in [2.75, 3.05) is 24.8 Å². The molecule has 0 atom stereocenters. The Bertz CT molecular complexity index is 652. The van der Waals surface area contributed by atoms with Crippen molar-refractivity contribution in [3.63, 3.8) is 0 Å². The van der Waals surface area contributed by atoms with E-state index in [1.54, 1.807) is 17.8 Å². The van der Waals surface area contributed by atoms with E-state index in [0.717, 1.165) is 27.8 Å². The number of halogens is 1. The highest BCUT2D eigenvalue weighted by atomic mass is 35.5. The standard InChI is InChI=1S/C15H15ClN2O2S/c1-21-13-8-12-11(19-5-6-20-12)7-10(13)9-17-15-4-2-3-14(16)18-15/h2-4,7-8H,5-6,9H2,1H3,(H,17,18). The predicted molar refractivity (Wildman–Crippen MR) is 85.8 cm³/mol. The number of rotatable bonds is 4. The van der Waals surface area contributed by atoms with Gasteiger partial charge in [0, 0.05) is 11.4 Å². The molecule has 0 bridgehead atoms. The zero-order valence-corrected chi connectivity index (χ0v) is 13.1. The van der Waals surface area contributed by atoms with Crippen LogP contribution in [0.5, 0.6) is 11.5 Å². The second-order valence-corrected chi connectivity index (χ2v) is 5.74. The van der Waals surface area contributed by atoms with E-state index in [0.29, 0.717) is 24.9 Å². The quantitative estimate of drug-likeness (QED) is 0.684. The minimum atomic E-state index is 0.479. The van der Waals surface area contributed by atoms with Gasteiger partial charge < -0.3 is 14.8 Å². The van der Waals surface area contributed by atoms with Crippen molar-refractivity contribution in [3.8, 4) is 11.5 Å². The van der Waals surface area contributed by atoms with E-state index < -0.39 is 0 Å². The van der Waals surface area contributed by atoms with Gasteiger partial charge in [0.1, 0.15) is 24.2 Å². The molecule has 0 saturated heterocycles. The molecule has 3 rings (SSSR count). The van der Waals surface area contributed by atoms with Crippen LogP contribution in [-0.2, 0) is 6.54 Å². The molecule has 2 heterocycles. The zero-order chi connectivity index (χ0) is 14.7. The molecule has 1 aliphatic rings. The number of ether oxygens (including phenoxy) is 2. The number of benzene rings is 1. The highest BCUT2D eigenvalue weighted by Gasteiger charge is 2.15. The van der Waals surface area contributed by atoms with E-state index in [1.807, 2.05) is 30.5 Å². The Morgan fingerprint density at radius 3 is 2.71 bits per heavy atom. The summed E-state index contributed by atoms with van der Waals surface area (Å²) in [4.78, 5) is 5.38. The molecular weight excluding hydrogens is 308 g/mol. The van der Waals surface area contributed by atoms with Crippen LogP contribution in [0.3, 0.4) is 0 Å². The Morgan fingerprint density at radius 2 is 2.00 bits per heavy atom. The summed E-state index contributed by atoms with van der Waals surface area (Å²) in [6.45, 7) is 1.85. The minimum absolute atomic E-state index is 0.479. The van der Waals surface area contributed by atoms with Crippen LogP contribution >= 0.6 is 23.4 Å². The molecule has 0 aliphatic carbocycles. The summed E-state index contributed by atoms with van der Waals surface area (Å²) in [6.07, 6.45) is 2.05. The van der Waals surface area contributed by atoms with Crippen LogP contribution in [0.4, 0.5) is 5.82 Å². The number of anilines is 1. The van der Waals surface area contributed by atoms with Crippen molar-refractivity contribution in [2.24, 2.45) is 0 Å². The maximum Gasteiger partial charge on any atom is 0.162 e. The number of aromatic nitrogens is 1. The van der Waals surface area contributed by atoms with E-state index in [-0.39, 0.29) is 0 Å². The van der Waals surface area contributed by atoms with Crippen LogP contribution in [0.1, 0.15) is 5.56 Å². The first-order valence-corrected chi connectivity index (χ1v) is 8.19. The molecule has 0 radical (unpaired) electrons. The first-order valence-electron chi connectivity index (χ1n) is 6.59. The third-order valence-corrected chi connectivity index (χ3v) is 4.15. The van der Waals surface area contributed by atoms with E-state index in [9.17, 15) is 0 Å². The molecule has 0 unspecified atom stereocenters. The lowest BCUT2D eigenvalue weighted by Gasteiger charge is -2.21. The Morgan fingerprint density at radius 1 is 1.24 bits per heavy atom. The largest absolute Gasteiger partial charge is 0.486 e. The number of pyridine rings is 1. The van der Waals surface area contributed by atoms with E-state index >= 15 is 0 Å². The summed E-state index contributed by atoms with van der Waals surface area (Å²) in [5.74, 6) is 2.37. The smallest absolute Gasteiger partial charge is 0.162 e. The van der Waals surface area contributed by atoms with Gasteiger partial charge in [0.15, 0.2) is 11.5 Å². The molecule has 1 aromatic heterocycles. The van der Waals surface area contributed by atoms with Crippen LogP contribution in [-0.4, -0.2) is 24.5 Å². The second-order valence-electron chi connectivity index (χ2n) is 4.51. The lowest BCUT2D eigenvalue weighted by molar-refractivity contribution is 0.171. The highest BCUT2D eigenvalue weighted by Crippen LogP contribution is 2.36. The summed E-state index contributed by atoms with van der Waals surface area (Å²) in [5, 5.41) is 3.76. The average molecular weight is 323 g/mol. The maximum atomic E-state index is 5.89. The number of fused-ring (bicyclic) bond motifs is 1. The molecule has 1 aliphatic heterocycles. The maximum absolute atomic E-state index is 5.89. The molecule has 6 heteroatoms. The fourth-order valence-electron chi connectivity index (χ4n) is 2.13. The normalized spacial score (nSPS) is 13.0. The van der Waals surface area contributed by atoms with Gasteiger partial charge in [0.2, 0.25) is 0 Å². The van der Waals surface area contributed by atoms with Gasteiger partial charge in [-0.1, -0.05) is 17.7 Å². The van der Waals surface area contributed by atoms with Gasteiger partial charge in [-0.15, -0.1) is 11.8 Å². The molecule has 0 saturated carbocycles. The van der Waals surface area contributed by atoms with Gasteiger partial charge in [-0.3, -0.25) is 0 Å². The predicted octanol–water partition coefficient (Wildman–Crippen LogP) is 3.84. The van der Waals surface area contributed by atoms with Crippen molar-refractivity contribution >= 4 is 29.2 Å². The lowest BCUT2D eigenvalue weighted by atomic mass is 10.2. The molecule has 21 heavy (non-hydrogen) atoms. The Labute approximate surface area is 132 Å². The van der Waals surface area contributed by atoms with Gasteiger partial charge in [-0.05, 0) is 36.1 Å². The van der Waals surface area contributed by atoms with Gasteiger partial charge in [-0.25, -0.2) is 4.98 Å². The zero-order valence-electron chi connectivity index (χ0n) is 11.6. The molecule has 4 nitrogen and oxygen atoms in total. The Balaban J connectivity index is 1.81. The van der Waals surface area contributed by atoms with Gasteiger partial charge >= 0.3 is 0 Å². The molecule has 110 valence electrons. The van der Waals surface area contributed by atoms with Crippen molar-refractivity contribution in [1.29, 1.82) is 0 Å². The summed E-state index contributed by atoms with van der Waals surface area (Å²) < 4.78 is 11.2. The molecule has 1 aromatic carbocycles. The molecular formula is C15H15ClN2O2S. The SMILES string of the molecule is CSc1cc2c(cc1CNc1cccc(Cl)n1)OCCO2. The third-order valence-electron chi connectivity index (χ3n) is 3.12. The summed E-state index contributed by atoms with van der Waals surface area (Å²) in [7, 11) is 0. The van der Waals surface area contributed by atoms with E-state index in [1.165, 1.54) is 0 Å². The van der Waals surface area contributed by atoms with Crippen molar-refractivity contribution in [1.82, 2.24) is 4.98 Å². The first kappa shape index (κ1) is 14.4. The van der Waals surface area contributed by atoms with Gasteiger partial charge in [-0.2, -0.15) is 0 Å². The third kappa shape index (κ3) is 3.36. The lowest BCUT2D eigenvalue weighted by Crippen LogP contribution is -2.16. The number of thioether (sulfide) groups is 1. The summed E-state index contributed by atoms with van der Waals surface area (Å²) in [6, 6.07) is 9.57. The molecule has 0 spiro atoms. The molecule has 1 N–H and O–H groups in total. The van der Waals surface area contributed by atoms with Crippen molar-refractivity contribution in [3.05, 3.63) is 41.0 Å². The van der Waals surface area contributed by atoms with Crippen LogP contribution in [0, 0.1) is 0 Å². The average Bonchev–Trinajstić information content (AvgIpc) is 2.52. The molecule has 0 fully saturated rings. The van der Waals surface area contributed by atoms with Crippen molar-refractivity contribution in [2.45, 2.75) is 11.4 Å². The highest BCUT2D eigenvalue weighted by molar-refractivity contribution is 7.98. The number of hydrogen-bond acceptors (Lipinski definition) is 5. The monoisotopic (exact) mass is 322 g/mol. The van der Waals surface area contributed by atoms with Crippen LogP contribution in [0.25, 0.3) is 0 Å². The molecule has 2 aromatic rings. The summed E-state index contributed by atoms with van der Waals surface area (Å²) in [5.41, 5.74) is 1.15. The van der Waals surface area contributed by atoms with Crippen molar-refractivity contribution < 1.29 is 9.47 Å². The fourth-order valence-corrected chi connectivity index (χ4v) is 2.91. The topological polar surface area (TPSA) is 43.4 Å². The van der Waals surface area contributed by atoms with Gasteiger partial charge in [0.25, 0.3) is 0 Å². The second kappa shape index (κ2) is 6.45. The number of nitrogens with zero attached hydrogens (tertiary/aromatic N) is 1. The first-order chi connectivity index (χ1) is 10.3. The summed E-state index contributed by atoms with van der Waals surface area (Å²) >= 11 is 7.57. The Kier molecular flexibility index (Phi) is 4.41. The van der Waals surface area contributed by atoms with E-state index in [4.69, 9.17) is 21.1 Å². The van der Waals surface area contributed by atoms with Gasteiger partial charge in [0.05, 0.1) is 0 Å². The van der Waals surface area contributed by atoms with Crippen LogP contribution in [0.2, 0.25) is 5.15 Å². The minimum Gasteiger partial charge on any atom is -0.486 e. The fraction of sp³-hybridized carbons (Fsp3) is 0.267.